The van der Waals surface area contributed by atoms with E-state index < -0.39 is 11.9 Å². The van der Waals surface area contributed by atoms with Gasteiger partial charge in [0.2, 0.25) is 0 Å². The topological polar surface area (TPSA) is 33.1 Å². The number of halogens is 2. The molecule has 1 N–H and O–H groups in total. The number of aliphatic hydroxyl groups excluding tert-OH is 1. The zero-order chi connectivity index (χ0) is 12.4. The average Bonchev–Trinajstić information content (AvgIpc) is 2.29. The number of pyridine rings is 1. The molecule has 0 amide bonds. The summed E-state index contributed by atoms with van der Waals surface area (Å²) in [6.45, 7) is 1.67. The molecule has 2 rings (SSSR count). The fourth-order valence-electron chi connectivity index (χ4n) is 1.72. The predicted molar refractivity (Wildman–Crippen MR) is 59.4 cm³/mol. The van der Waals surface area contributed by atoms with Gasteiger partial charge in [0.25, 0.3) is 0 Å². The SMILES string of the molecule is Cc1cc(F)ccc1C(O)c1ccncc1F. The molecule has 2 aromatic rings. The molecule has 1 heterocycles. The Morgan fingerprint density at radius 3 is 2.59 bits per heavy atom. The van der Waals surface area contributed by atoms with E-state index in [1.807, 2.05) is 0 Å². The molecule has 0 bridgehead atoms. The molecule has 1 aromatic heterocycles. The second-order valence-corrected chi connectivity index (χ2v) is 3.80. The Balaban J connectivity index is 2.44. The van der Waals surface area contributed by atoms with Crippen LogP contribution < -0.4 is 0 Å². The number of aryl methyl sites for hydroxylation is 1. The van der Waals surface area contributed by atoms with Crippen LogP contribution in [0.1, 0.15) is 22.8 Å². The molecule has 2 nitrogen and oxygen atoms in total. The smallest absolute Gasteiger partial charge is 0.147 e. The second kappa shape index (κ2) is 4.59. The lowest BCUT2D eigenvalue weighted by atomic mass is 9.98. The normalized spacial score (nSPS) is 12.5. The maximum atomic E-state index is 13.4. The Hall–Kier alpha value is -1.81. The number of aromatic nitrogens is 1. The number of nitrogens with zero attached hydrogens (tertiary/aromatic N) is 1. The molecule has 0 spiro atoms. The van der Waals surface area contributed by atoms with E-state index in [0.29, 0.717) is 11.1 Å². The Bertz CT molecular complexity index is 543. The lowest BCUT2D eigenvalue weighted by Crippen LogP contribution is -2.05. The van der Waals surface area contributed by atoms with Crippen molar-refractivity contribution in [2.45, 2.75) is 13.0 Å². The van der Waals surface area contributed by atoms with Crippen LogP contribution in [-0.2, 0) is 0 Å². The fraction of sp³-hybridized carbons (Fsp3) is 0.154. The molecule has 1 unspecified atom stereocenters. The average molecular weight is 235 g/mol. The summed E-state index contributed by atoms with van der Waals surface area (Å²) >= 11 is 0. The van der Waals surface area contributed by atoms with Crippen molar-refractivity contribution in [3.63, 3.8) is 0 Å². The van der Waals surface area contributed by atoms with E-state index in [0.717, 1.165) is 6.20 Å². The van der Waals surface area contributed by atoms with Gasteiger partial charge in [-0.3, -0.25) is 4.98 Å². The highest BCUT2D eigenvalue weighted by molar-refractivity contribution is 5.35. The van der Waals surface area contributed by atoms with Crippen molar-refractivity contribution in [3.8, 4) is 0 Å². The maximum Gasteiger partial charge on any atom is 0.147 e. The number of hydrogen-bond acceptors (Lipinski definition) is 2. The van der Waals surface area contributed by atoms with Crippen LogP contribution in [0.15, 0.2) is 36.7 Å². The molecule has 4 heteroatoms. The molecule has 1 aromatic carbocycles. The summed E-state index contributed by atoms with van der Waals surface area (Å²) in [4.78, 5) is 3.61. The van der Waals surface area contributed by atoms with Gasteiger partial charge < -0.3 is 5.11 Å². The third-order valence-electron chi connectivity index (χ3n) is 2.62. The monoisotopic (exact) mass is 235 g/mol. The van der Waals surface area contributed by atoms with Crippen LogP contribution in [-0.4, -0.2) is 10.1 Å². The lowest BCUT2D eigenvalue weighted by Gasteiger charge is -2.14. The quantitative estimate of drug-likeness (QED) is 0.868. The Labute approximate surface area is 97.6 Å². The van der Waals surface area contributed by atoms with E-state index in [9.17, 15) is 13.9 Å². The predicted octanol–water partition coefficient (Wildman–Crippen LogP) is 2.75. The van der Waals surface area contributed by atoms with Gasteiger partial charge in [0.15, 0.2) is 0 Å². The van der Waals surface area contributed by atoms with Crippen molar-refractivity contribution in [1.29, 1.82) is 0 Å². The van der Waals surface area contributed by atoms with Gasteiger partial charge >= 0.3 is 0 Å². The lowest BCUT2D eigenvalue weighted by molar-refractivity contribution is 0.214. The number of hydrogen-bond donors (Lipinski definition) is 1. The first kappa shape index (κ1) is 11.7. The van der Waals surface area contributed by atoms with Gasteiger partial charge in [-0.15, -0.1) is 0 Å². The molecule has 0 saturated carbocycles. The summed E-state index contributed by atoms with van der Waals surface area (Å²) in [5.74, 6) is -0.961. The van der Waals surface area contributed by atoms with Crippen LogP contribution >= 0.6 is 0 Å². The third-order valence-corrected chi connectivity index (χ3v) is 2.62. The van der Waals surface area contributed by atoms with E-state index in [-0.39, 0.29) is 11.4 Å². The third kappa shape index (κ3) is 2.31. The van der Waals surface area contributed by atoms with Crippen LogP contribution in [0.3, 0.4) is 0 Å². The fourth-order valence-corrected chi connectivity index (χ4v) is 1.72. The van der Waals surface area contributed by atoms with Gasteiger partial charge in [0.1, 0.15) is 17.7 Å². The first-order valence-electron chi connectivity index (χ1n) is 5.13. The van der Waals surface area contributed by atoms with Gasteiger partial charge in [0, 0.05) is 11.8 Å². The molecule has 0 radical (unpaired) electrons. The van der Waals surface area contributed by atoms with Gasteiger partial charge in [-0.25, -0.2) is 8.78 Å². The molecule has 88 valence electrons. The Kier molecular flexibility index (Phi) is 3.15. The highest BCUT2D eigenvalue weighted by Crippen LogP contribution is 2.26. The zero-order valence-electron chi connectivity index (χ0n) is 9.19. The van der Waals surface area contributed by atoms with Gasteiger partial charge in [-0.1, -0.05) is 6.07 Å². The van der Waals surface area contributed by atoms with E-state index in [1.54, 1.807) is 6.92 Å². The van der Waals surface area contributed by atoms with Gasteiger partial charge in [-0.05, 0) is 36.2 Å². The minimum Gasteiger partial charge on any atom is -0.384 e. The Morgan fingerprint density at radius 2 is 1.94 bits per heavy atom. The van der Waals surface area contributed by atoms with Crippen molar-refractivity contribution in [1.82, 2.24) is 4.98 Å². The van der Waals surface area contributed by atoms with Gasteiger partial charge in [0.05, 0.1) is 6.20 Å². The van der Waals surface area contributed by atoms with E-state index in [2.05, 4.69) is 4.98 Å². The maximum absolute atomic E-state index is 13.4. The zero-order valence-corrected chi connectivity index (χ0v) is 9.19. The molecule has 0 aliphatic heterocycles. The van der Waals surface area contributed by atoms with Crippen LogP contribution in [0.25, 0.3) is 0 Å². The number of aliphatic hydroxyl groups is 1. The highest BCUT2D eigenvalue weighted by atomic mass is 19.1. The number of benzene rings is 1. The van der Waals surface area contributed by atoms with Crippen LogP contribution in [0.2, 0.25) is 0 Å². The molecule has 0 fully saturated rings. The van der Waals surface area contributed by atoms with Crippen LogP contribution in [0.4, 0.5) is 8.78 Å². The first-order chi connectivity index (χ1) is 8.09. The van der Waals surface area contributed by atoms with Crippen molar-refractivity contribution in [3.05, 3.63) is 65.0 Å². The summed E-state index contributed by atoms with van der Waals surface area (Å²) in [5, 5.41) is 10.1. The van der Waals surface area contributed by atoms with E-state index in [4.69, 9.17) is 0 Å². The molecule has 1 atom stereocenters. The molecular formula is C13H11F2NO. The van der Waals surface area contributed by atoms with E-state index in [1.165, 1.54) is 30.5 Å². The molecular weight excluding hydrogens is 224 g/mol. The molecule has 0 aliphatic rings. The standard InChI is InChI=1S/C13H11F2NO/c1-8-6-9(14)2-3-10(8)13(17)11-4-5-16-7-12(11)15/h2-7,13,17H,1H3. The molecule has 17 heavy (non-hydrogen) atoms. The second-order valence-electron chi connectivity index (χ2n) is 3.80. The first-order valence-corrected chi connectivity index (χ1v) is 5.13. The Morgan fingerprint density at radius 1 is 1.18 bits per heavy atom. The van der Waals surface area contributed by atoms with Crippen molar-refractivity contribution in [2.75, 3.05) is 0 Å². The van der Waals surface area contributed by atoms with Gasteiger partial charge in [-0.2, -0.15) is 0 Å². The minimum absolute atomic E-state index is 0.134. The summed E-state index contributed by atoms with van der Waals surface area (Å²) < 4.78 is 26.4. The number of rotatable bonds is 2. The molecule has 0 saturated heterocycles. The van der Waals surface area contributed by atoms with Crippen molar-refractivity contribution < 1.29 is 13.9 Å². The summed E-state index contributed by atoms with van der Waals surface area (Å²) in [6, 6.07) is 5.40. The summed E-state index contributed by atoms with van der Waals surface area (Å²) in [6.07, 6.45) is 1.33. The van der Waals surface area contributed by atoms with E-state index >= 15 is 0 Å². The summed E-state index contributed by atoms with van der Waals surface area (Å²) in [5.41, 5.74) is 1.19. The minimum atomic E-state index is -1.11. The largest absolute Gasteiger partial charge is 0.384 e. The van der Waals surface area contributed by atoms with Crippen molar-refractivity contribution in [2.24, 2.45) is 0 Å². The van der Waals surface area contributed by atoms with Crippen LogP contribution in [0.5, 0.6) is 0 Å². The summed E-state index contributed by atoms with van der Waals surface area (Å²) in [7, 11) is 0. The highest BCUT2D eigenvalue weighted by Gasteiger charge is 2.16. The molecule has 0 aliphatic carbocycles. The van der Waals surface area contributed by atoms with Crippen molar-refractivity contribution >= 4 is 0 Å². The van der Waals surface area contributed by atoms with Crippen LogP contribution in [0, 0.1) is 18.6 Å².